The Morgan fingerprint density at radius 1 is 1.00 bits per heavy atom. The van der Waals surface area contributed by atoms with Crippen molar-refractivity contribution in [2.75, 3.05) is 10.6 Å². The quantitative estimate of drug-likeness (QED) is 0.252. The minimum Gasteiger partial charge on any atom is -0.369 e. The molecule has 9 heteroatoms. The van der Waals surface area contributed by atoms with Crippen molar-refractivity contribution >= 4 is 29.4 Å². The second kappa shape index (κ2) is 11.2. The third-order valence-corrected chi connectivity index (χ3v) is 6.62. The monoisotopic (exact) mass is 522 g/mol. The molecular formula is C30H30N6O3. The lowest BCUT2D eigenvalue weighted by Gasteiger charge is -2.12. The van der Waals surface area contributed by atoms with E-state index >= 15 is 0 Å². The van der Waals surface area contributed by atoms with Crippen LogP contribution in [0.15, 0.2) is 72.8 Å². The molecule has 0 radical (unpaired) electrons. The lowest BCUT2D eigenvalue weighted by Crippen LogP contribution is -2.21. The molecule has 1 aromatic heterocycles. The van der Waals surface area contributed by atoms with Crippen molar-refractivity contribution in [1.29, 1.82) is 0 Å². The number of aryl methyl sites for hydroxylation is 1. The van der Waals surface area contributed by atoms with Crippen LogP contribution in [0.25, 0.3) is 16.8 Å². The van der Waals surface area contributed by atoms with Crippen LogP contribution in [0.2, 0.25) is 0 Å². The Bertz CT molecular complexity index is 1540. The van der Waals surface area contributed by atoms with Gasteiger partial charge >= 0.3 is 6.03 Å². The van der Waals surface area contributed by atoms with Crippen LogP contribution in [-0.4, -0.2) is 27.6 Å². The van der Waals surface area contributed by atoms with Gasteiger partial charge in [-0.2, -0.15) is 5.10 Å². The average molecular weight is 523 g/mol. The Morgan fingerprint density at radius 3 is 2.54 bits per heavy atom. The number of aromatic nitrogens is 2. The Kier molecular flexibility index (Phi) is 7.40. The van der Waals surface area contributed by atoms with E-state index in [0.29, 0.717) is 23.6 Å². The number of nitrogens with one attached hydrogen (secondary N) is 3. The highest BCUT2D eigenvalue weighted by molar-refractivity contribution is 6.01. The van der Waals surface area contributed by atoms with Crippen LogP contribution in [0.1, 0.15) is 46.9 Å². The third-order valence-electron chi connectivity index (χ3n) is 6.62. The van der Waals surface area contributed by atoms with Crippen molar-refractivity contribution in [2.45, 2.75) is 39.2 Å². The minimum absolute atomic E-state index is 0.0569. The second-order valence-corrected chi connectivity index (χ2v) is 9.52. The number of hydrogen-bond acceptors (Lipinski definition) is 4. The Morgan fingerprint density at radius 2 is 1.77 bits per heavy atom. The van der Waals surface area contributed by atoms with Gasteiger partial charge < -0.3 is 16.4 Å². The van der Waals surface area contributed by atoms with E-state index in [0.717, 1.165) is 52.9 Å². The summed E-state index contributed by atoms with van der Waals surface area (Å²) in [7, 11) is 0. The molecule has 2 heterocycles. The van der Waals surface area contributed by atoms with Crippen LogP contribution in [0.3, 0.4) is 0 Å². The van der Waals surface area contributed by atoms with Crippen molar-refractivity contribution in [2.24, 2.45) is 5.73 Å². The van der Waals surface area contributed by atoms with E-state index in [1.165, 1.54) is 0 Å². The lowest BCUT2D eigenvalue weighted by atomic mass is 9.97. The number of anilines is 2. The van der Waals surface area contributed by atoms with E-state index in [2.05, 4.69) is 22.9 Å². The molecule has 3 aromatic carbocycles. The summed E-state index contributed by atoms with van der Waals surface area (Å²) in [5, 5.41) is 13.4. The maximum atomic E-state index is 13.0. The molecule has 0 saturated carbocycles. The van der Waals surface area contributed by atoms with E-state index in [1.807, 2.05) is 72.8 Å². The van der Waals surface area contributed by atoms with Crippen molar-refractivity contribution in [3.63, 3.8) is 0 Å². The number of rotatable bonds is 9. The van der Waals surface area contributed by atoms with Gasteiger partial charge in [0, 0.05) is 23.9 Å². The van der Waals surface area contributed by atoms with Crippen molar-refractivity contribution in [3.05, 3.63) is 95.2 Å². The second-order valence-electron chi connectivity index (χ2n) is 9.52. The number of urea groups is 1. The molecule has 0 spiro atoms. The summed E-state index contributed by atoms with van der Waals surface area (Å²) in [6, 6.07) is 22.0. The zero-order valence-corrected chi connectivity index (χ0v) is 21.7. The number of fused-ring (bicyclic) bond motifs is 1. The fourth-order valence-electron chi connectivity index (χ4n) is 4.73. The average Bonchev–Trinajstić information content (AvgIpc) is 3.51. The van der Waals surface area contributed by atoms with Gasteiger partial charge in [0.2, 0.25) is 5.91 Å². The summed E-state index contributed by atoms with van der Waals surface area (Å²) in [4.78, 5) is 36.4. The van der Waals surface area contributed by atoms with Crippen molar-refractivity contribution < 1.29 is 14.4 Å². The predicted octanol–water partition coefficient (Wildman–Crippen LogP) is 4.80. The highest BCUT2D eigenvalue weighted by Crippen LogP contribution is 2.30. The molecule has 39 heavy (non-hydrogen) atoms. The van der Waals surface area contributed by atoms with E-state index in [9.17, 15) is 14.4 Å². The lowest BCUT2D eigenvalue weighted by molar-refractivity contribution is -0.117. The smallest absolute Gasteiger partial charge is 0.324 e. The first-order chi connectivity index (χ1) is 18.9. The molecule has 4 amide bonds. The van der Waals surface area contributed by atoms with E-state index in [1.54, 1.807) is 4.68 Å². The number of nitrogens with zero attached hydrogens (tertiary/aromatic N) is 2. The number of carbonyl (C=O) groups is 3. The number of amides is 4. The zero-order chi connectivity index (χ0) is 27.4. The van der Waals surface area contributed by atoms with Gasteiger partial charge in [-0.15, -0.1) is 0 Å². The molecule has 0 aliphatic carbocycles. The number of benzene rings is 3. The summed E-state index contributed by atoms with van der Waals surface area (Å²) in [5.41, 5.74) is 12.0. The maximum Gasteiger partial charge on any atom is 0.324 e. The molecule has 0 atom stereocenters. The summed E-state index contributed by atoms with van der Waals surface area (Å²) < 4.78 is 1.67. The van der Waals surface area contributed by atoms with Crippen molar-refractivity contribution in [1.82, 2.24) is 15.1 Å². The van der Waals surface area contributed by atoms with Gasteiger partial charge in [-0.1, -0.05) is 49.7 Å². The van der Waals surface area contributed by atoms with Gasteiger partial charge in [0.15, 0.2) is 0 Å². The summed E-state index contributed by atoms with van der Waals surface area (Å²) in [6.07, 6.45) is 2.91. The van der Waals surface area contributed by atoms with E-state index < -0.39 is 11.9 Å². The molecule has 0 fully saturated rings. The van der Waals surface area contributed by atoms with Crippen LogP contribution in [0.5, 0.6) is 0 Å². The fraction of sp³-hybridized carbons (Fsp3) is 0.200. The Hall–Kier alpha value is -4.92. The van der Waals surface area contributed by atoms with Gasteiger partial charge in [-0.05, 0) is 65.4 Å². The SMILES string of the molecule is CCCCc1cc(NC(=O)Nc2ccc(-c3cccc4c3CNC4=O)cc2)n(-c2cccc(CC(N)=O)c2)n1. The summed E-state index contributed by atoms with van der Waals surface area (Å²) >= 11 is 0. The molecule has 5 N–H and O–H groups in total. The number of nitrogens with two attached hydrogens (primary N) is 1. The normalized spacial score (nSPS) is 12.1. The Balaban J connectivity index is 1.33. The van der Waals surface area contributed by atoms with Gasteiger partial charge in [-0.3, -0.25) is 14.9 Å². The molecular weight excluding hydrogens is 492 g/mol. The largest absolute Gasteiger partial charge is 0.369 e. The molecule has 9 nitrogen and oxygen atoms in total. The molecule has 0 bridgehead atoms. The van der Waals surface area contributed by atoms with Gasteiger partial charge in [0.1, 0.15) is 5.82 Å². The van der Waals surface area contributed by atoms with E-state index in [-0.39, 0.29) is 12.3 Å². The first-order valence-corrected chi connectivity index (χ1v) is 13.0. The van der Waals surface area contributed by atoms with Crippen LogP contribution >= 0.6 is 0 Å². The fourth-order valence-corrected chi connectivity index (χ4v) is 4.73. The first kappa shape index (κ1) is 25.7. The van der Waals surface area contributed by atoms with Crippen molar-refractivity contribution in [3.8, 4) is 16.8 Å². The van der Waals surface area contributed by atoms with Gasteiger partial charge in [0.05, 0.1) is 17.8 Å². The van der Waals surface area contributed by atoms with Crippen LogP contribution in [-0.2, 0) is 24.2 Å². The van der Waals surface area contributed by atoms with Gasteiger partial charge in [-0.25, -0.2) is 9.48 Å². The number of carbonyl (C=O) groups excluding carboxylic acids is 3. The predicted molar refractivity (Wildman–Crippen MR) is 151 cm³/mol. The first-order valence-electron chi connectivity index (χ1n) is 13.0. The van der Waals surface area contributed by atoms with Crippen LogP contribution < -0.4 is 21.7 Å². The highest BCUT2D eigenvalue weighted by Gasteiger charge is 2.21. The number of unbranched alkanes of at least 4 members (excludes halogenated alkanes) is 1. The van der Waals surface area contributed by atoms with Crippen LogP contribution in [0, 0.1) is 0 Å². The Labute approximate surface area is 226 Å². The number of primary amides is 1. The molecule has 0 saturated heterocycles. The topological polar surface area (TPSA) is 131 Å². The van der Waals surface area contributed by atoms with Crippen LogP contribution in [0.4, 0.5) is 16.3 Å². The third kappa shape index (κ3) is 5.82. The summed E-state index contributed by atoms with van der Waals surface area (Å²) in [5.74, 6) is 0.0451. The molecule has 198 valence electrons. The van der Waals surface area contributed by atoms with Gasteiger partial charge in [0.25, 0.3) is 5.91 Å². The molecule has 0 unspecified atom stereocenters. The molecule has 1 aliphatic rings. The molecule has 5 rings (SSSR count). The minimum atomic E-state index is -0.415. The summed E-state index contributed by atoms with van der Waals surface area (Å²) in [6.45, 7) is 2.62. The maximum absolute atomic E-state index is 13.0. The molecule has 4 aromatic rings. The standard InChI is InChI=1S/C30H30N6O3/c1-2-3-7-22-17-28(36(35-22)23-8-4-6-19(15-23)16-27(31)37)34-30(39)33-21-13-11-20(12-14-21)24-9-5-10-25-26(24)18-32-29(25)38/h4-6,8-15,17H,2-3,7,16,18H2,1H3,(H2,31,37)(H,32,38)(H2,33,34,39). The highest BCUT2D eigenvalue weighted by atomic mass is 16.2. The number of hydrogen-bond donors (Lipinski definition) is 4. The zero-order valence-electron chi connectivity index (χ0n) is 21.7. The molecule has 1 aliphatic heterocycles. The van der Waals surface area contributed by atoms with E-state index in [4.69, 9.17) is 10.8 Å².